The number of para-hydroxylation sites is 1. The lowest BCUT2D eigenvalue weighted by Gasteiger charge is -2.37. The number of nitrogens with zero attached hydrogens (tertiary/aromatic N) is 5. The van der Waals surface area contributed by atoms with E-state index >= 15 is 0 Å². The molecule has 34 heavy (non-hydrogen) atoms. The number of aromatic nitrogens is 2. The summed E-state index contributed by atoms with van der Waals surface area (Å²) in [5.74, 6) is 0.883. The Morgan fingerprint density at radius 3 is 2.47 bits per heavy atom. The van der Waals surface area contributed by atoms with Gasteiger partial charge in [0.2, 0.25) is 5.75 Å². The van der Waals surface area contributed by atoms with Crippen LogP contribution in [0.2, 0.25) is 0 Å². The highest BCUT2D eigenvalue weighted by Crippen LogP contribution is 2.27. The Bertz CT molecular complexity index is 977. The van der Waals surface area contributed by atoms with E-state index in [2.05, 4.69) is 47.6 Å². The Labute approximate surface area is 204 Å². The van der Waals surface area contributed by atoms with Gasteiger partial charge in [0.1, 0.15) is 5.69 Å². The Morgan fingerprint density at radius 2 is 1.79 bits per heavy atom. The third-order valence-electron chi connectivity index (χ3n) is 6.99. The van der Waals surface area contributed by atoms with Crippen molar-refractivity contribution >= 4 is 5.69 Å². The van der Waals surface area contributed by atoms with Gasteiger partial charge in [0.15, 0.2) is 0 Å². The van der Waals surface area contributed by atoms with Gasteiger partial charge in [-0.2, -0.15) is 9.78 Å². The molecule has 186 valence electrons. The Morgan fingerprint density at radius 1 is 1.06 bits per heavy atom. The van der Waals surface area contributed by atoms with Crippen molar-refractivity contribution in [1.82, 2.24) is 19.6 Å². The molecule has 0 saturated carbocycles. The molecule has 2 aromatic rings. The van der Waals surface area contributed by atoms with E-state index < -0.39 is 0 Å². The lowest BCUT2D eigenvalue weighted by atomic mass is 9.92. The molecule has 0 bridgehead atoms. The zero-order valence-corrected chi connectivity index (χ0v) is 21.4. The van der Waals surface area contributed by atoms with Crippen molar-refractivity contribution < 1.29 is 4.74 Å². The largest absolute Gasteiger partial charge is 0.486 e. The van der Waals surface area contributed by atoms with Crippen molar-refractivity contribution in [2.24, 2.45) is 11.3 Å². The predicted octanol–water partition coefficient (Wildman–Crippen LogP) is 3.51. The second kappa shape index (κ2) is 10.9. The summed E-state index contributed by atoms with van der Waals surface area (Å²) in [6.07, 6.45) is 5.33. The third-order valence-corrected chi connectivity index (χ3v) is 6.99. The summed E-state index contributed by atoms with van der Waals surface area (Å²) < 4.78 is 7.80. The minimum Gasteiger partial charge on any atom is -0.486 e. The van der Waals surface area contributed by atoms with E-state index in [0.29, 0.717) is 23.7 Å². The van der Waals surface area contributed by atoms with Crippen molar-refractivity contribution in [1.29, 1.82) is 0 Å². The molecular weight excluding hydrogens is 426 g/mol. The standard InChI is InChI=1S/C27H41N5O2/c1-27(2,3)12-14-30-15-17-31(18-16-30)24-19-28-32(23-10-6-5-7-11-23)26(33)25(24)34-21-22-9-8-13-29(4)20-22/h5-7,10-11,19,22H,8-9,12-18,20-21H2,1-4H3. The molecule has 0 radical (unpaired) electrons. The van der Waals surface area contributed by atoms with Gasteiger partial charge in [-0.25, -0.2) is 0 Å². The molecule has 1 aromatic carbocycles. The van der Waals surface area contributed by atoms with Gasteiger partial charge in [0, 0.05) is 38.6 Å². The van der Waals surface area contributed by atoms with Gasteiger partial charge in [0.25, 0.3) is 0 Å². The van der Waals surface area contributed by atoms with E-state index in [1.54, 1.807) is 0 Å². The number of ether oxygens (including phenoxy) is 1. The second-order valence-corrected chi connectivity index (χ2v) is 11.1. The van der Waals surface area contributed by atoms with Crippen molar-refractivity contribution in [3.8, 4) is 11.4 Å². The van der Waals surface area contributed by atoms with Crippen LogP contribution < -0.4 is 15.2 Å². The summed E-state index contributed by atoms with van der Waals surface area (Å²) in [5.41, 5.74) is 1.75. The summed E-state index contributed by atoms with van der Waals surface area (Å²) in [4.78, 5) is 20.7. The molecule has 2 aliphatic rings. The molecule has 0 aliphatic carbocycles. The second-order valence-electron chi connectivity index (χ2n) is 11.1. The number of likely N-dealkylation sites (tertiary alicyclic amines) is 1. The first kappa shape index (κ1) is 24.7. The van der Waals surface area contributed by atoms with Gasteiger partial charge in [-0.05, 0) is 56.9 Å². The number of piperazine rings is 1. The zero-order chi connectivity index (χ0) is 24.1. The fourth-order valence-electron chi connectivity index (χ4n) is 4.86. The SMILES string of the molecule is CN1CCCC(COc2c(N3CCN(CCC(C)(C)C)CC3)cnn(-c3ccccc3)c2=O)C1. The molecule has 2 saturated heterocycles. The molecule has 2 aliphatic heterocycles. The number of benzene rings is 1. The van der Waals surface area contributed by atoms with Crippen molar-refractivity contribution in [3.63, 3.8) is 0 Å². The van der Waals surface area contributed by atoms with E-state index in [-0.39, 0.29) is 5.56 Å². The quantitative estimate of drug-likeness (QED) is 0.621. The summed E-state index contributed by atoms with van der Waals surface area (Å²) in [6, 6.07) is 9.60. The number of hydrogen-bond donors (Lipinski definition) is 0. The van der Waals surface area contributed by atoms with E-state index in [1.807, 2.05) is 36.5 Å². The minimum atomic E-state index is -0.178. The van der Waals surface area contributed by atoms with Crippen LogP contribution in [0.4, 0.5) is 5.69 Å². The molecule has 3 heterocycles. The Kier molecular flexibility index (Phi) is 7.94. The van der Waals surface area contributed by atoms with Crippen molar-refractivity contribution in [3.05, 3.63) is 46.9 Å². The lowest BCUT2D eigenvalue weighted by Crippen LogP contribution is -2.47. The average Bonchev–Trinajstić information content (AvgIpc) is 2.82. The molecule has 0 spiro atoms. The molecular formula is C27H41N5O2. The monoisotopic (exact) mass is 467 g/mol. The molecule has 1 unspecified atom stereocenters. The molecule has 7 nitrogen and oxygen atoms in total. The molecule has 4 rings (SSSR count). The fraction of sp³-hybridized carbons (Fsp3) is 0.630. The molecule has 7 heteroatoms. The van der Waals surface area contributed by atoms with E-state index in [0.717, 1.165) is 63.6 Å². The fourth-order valence-corrected chi connectivity index (χ4v) is 4.86. The van der Waals surface area contributed by atoms with Crippen LogP contribution in [0.15, 0.2) is 41.3 Å². The normalized spacial score (nSPS) is 20.5. The summed E-state index contributed by atoms with van der Waals surface area (Å²) >= 11 is 0. The first-order chi connectivity index (χ1) is 16.3. The predicted molar refractivity (Wildman–Crippen MR) is 138 cm³/mol. The van der Waals surface area contributed by atoms with E-state index in [1.165, 1.54) is 17.5 Å². The van der Waals surface area contributed by atoms with Crippen LogP contribution >= 0.6 is 0 Å². The van der Waals surface area contributed by atoms with Gasteiger partial charge in [0.05, 0.1) is 18.5 Å². The van der Waals surface area contributed by atoms with Crippen LogP contribution in [0.5, 0.6) is 5.75 Å². The zero-order valence-electron chi connectivity index (χ0n) is 21.4. The Hall–Kier alpha value is -2.38. The minimum absolute atomic E-state index is 0.178. The maximum absolute atomic E-state index is 13.6. The smallest absolute Gasteiger partial charge is 0.316 e. The summed E-state index contributed by atoms with van der Waals surface area (Å²) in [7, 11) is 2.16. The number of anilines is 1. The molecule has 1 atom stereocenters. The summed E-state index contributed by atoms with van der Waals surface area (Å²) in [5, 5.41) is 4.54. The topological polar surface area (TPSA) is 53.8 Å². The van der Waals surface area contributed by atoms with Crippen LogP contribution in [-0.4, -0.2) is 79.0 Å². The van der Waals surface area contributed by atoms with Crippen LogP contribution in [-0.2, 0) is 0 Å². The Balaban J connectivity index is 1.53. The first-order valence-corrected chi connectivity index (χ1v) is 12.8. The van der Waals surface area contributed by atoms with Crippen molar-refractivity contribution in [2.75, 3.05) is 64.4 Å². The lowest BCUT2D eigenvalue weighted by molar-refractivity contribution is 0.149. The number of hydrogen-bond acceptors (Lipinski definition) is 6. The van der Waals surface area contributed by atoms with Crippen LogP contribution in [0.1, 0.15) is 40.0 Å². The van der Waals surface area contributed by atoms with Gasteiger partial charge in [-0.1, -0.05) is 39.0 Å². The third kappa shape index (κ3) is 6.39. The number of rotatable bonds is 7. The van der Waals surface area contributed by atoms with Crippen LogP contribution in [0, 0.1) is 11.3 Å². The van der Waals surface area contributed by atoms with E-state index in [9.17, 15) is 4.79 Å². The highest BCUT2D eigenvalue weighted by atomic mass is 16.5. The highest BCUT2D eigenvalue weighted by molar-refractivity contribution is 5.57. The number of piperidine rings is 1. The van der Waals surface area contributed by atoms with Gasteiger partial charge < -0.3 is 14.5 Å². The summed E-state index contributed by atoms with van der Waals surface area (Å²) in [6.45, 7) is 14.5. The molecule has 0 amide bonds. The highest BCUT2D eigenvalue weighted by Gasteiger charge is 2.25. The maximum Gasteiger partial charge on any atom is 0.316 e. The average molecular weight is 468 g/mol. The van der Waals surface area contributed by atoms with Crippen molar-refractivity contribution in [2.45, 2.75) is 40.0 Å². The molecule has 1 aromatic heterocycles. The molecule has 0 N–H and O–H groups in total. The van der Waals surface area contributed by atoms with Crippen LogP contribution in [0.25, 0.3) is 5.69 Å². The van der Waals surface area contributed by atoms with Crippen LogP contribution in [0.3, 0.4) is 0 Å². The van der Waals surface area contributed by atoms with E-state index in [4.69, 9.17) is 4.74 Å². The van der Waals surface area contributed by atoms with Gasteiger partial charge in [-0.3, -0.25) is 9.69 Å². The molecule has 2 fully saturated rings. The maximum atomic E-state index is 13.6. The first-order valence-electron chi connectivity index (χ1n) is 12.8. The van der Waals surface area contributed by atoms with Gasteiger partial charge in [-0.15, -0.1) is 0 Å². The van der Waals surface area contributed by atoms with Gasteiger partial charge >= 0.3 is 5.56 Å².